The summed E-state index contributed by atoms with van der Waals surface area (Å²) in [5.74, 6) is -0.641. The van der Waals surface area contributed by atoms with Gasteiger partial charge in [0.25, 0.3) is 0 Å². The van der Waals surface area contributed by atoms with Crippen LogP contribution in [0.1, 0.15) is 20.8 Å². The second kappa shape index (κ2) is 9.19. The average molecular weight is 493 g/mol. The molecular formula is C23H23Cl2FN4O3. The number of hydrogen-bond donors (Lipinski definition) is 0. The van der Waals surface area contributed by atoms with Crippen LogP contribution < -0.4 is 9.64 Å². The molecule has 10 heteroatoms. The van der Waals surface area contributed by atoms with Gasteiger partial charge in [-0.3, -0.25) is 0 Å². The maximum Gasteiger partial charge on any atom is 0.410 e. The highest BCUT2D eigenvalue weighted by Gasteiger charge is 2.26. The predicted octanol–water partition coefficient (Wildman–Crippen LogP) is 5.93. The second-order valence-corrected chi connectivity index (χ2v) is 9.40. The molecule has 1 aromatic heterocycles. The number of fused-ring (bicyclic) bond motifs is 1. The quantitative estimate of drug-likeness (QED) is 0.422. The monoisotopic (exact) mass is 492 g/mol. The van der Waals surface area contributed by atoms with Crippen molar-refractivity contribution in [1.29, 1.82) is 0 Å². The van der Waals surface area contributed by atoms with Crippen molar-refractivity contribution in [1.82, 2.24) is 14.9 Å². The number of amides is 1. The standard InChI is InChI=1S/C23H23Cl2FN4O3/c1-23(2,3)33-22(31)30-10-8-29(9-11-30)14-4-6-17-15(12-14)21(28-13-27-17)32-18-7-5-16(24)19(25)20(18)26/h4-7,12-13H,8-11H2,1-3H3. The molecule has 4 rings (SSSR count). The Labute approximate surface area is 201 Å². The number of hydrogen-bond acceptors (Lipinski definition) is 6. The van der Waals surface area contributed by atoms with Gasteiger partial charge in [0.1, 0.15) is 11.9 Å². The Balaban J connectivity index is 1.54. The summed E-state index contributed by atoms with van der Waals surface area (Å²) < 4.78 is 25.7. The molecule has 33 heavy (non-hydrogen) atoms. The van der Waals surface area contributed by atoms with Crippen molar-refractivity contribution in [3.05, 3.63) is 52.5 Å². The van der Waals surface area contributed by atoms with Gasteiger partial charge < -0.3 is 19.3 Å². The minimum Gasteiger partial charge on any atom is -0.444 e. The number of nitrogens with zero attached hydrogens (tertiary/aromatic N) is 4. The summed E-state index contributed by atoms with van der Waals surface area (Å²) in [6.07, 6.45) is 1.04. The first-order valence-corrected chi connectivity index (χ1v) is 11.2. The van der Waals surface area contributed by atoms with Crippen LogP contribution in [0.15, 0.2) is 36.7 Å². The Morgan fingerprint density at radius 1 is 1.06 bits per heavy atom. The molecule has 0 radical (unpaired) electrons. The number of carbonyl (C=O) groups is 1. The molecule has 1 amide bonds. The molecular weight excluding hydrogens is 470 g/mol. The number of benzene rings is 2. The fourth-order valence-corrected chi connectivity index (χ4v) is 3.77. The van der Waals surface area contributed by atoms with Crippen molar-refractivity contribution >= 4 is 45.9 Å². The highest BCUT2D eigenvalue weighted by atomic mass is 35.5. The third-order valence-electron chi connectivity index (χ3n) is 5.09. The lowest BCUT2D eigenvalue weighted by Crippen LogP contribution is -2.50. The van der Waals surface area contributed by atoms with Crippen molar-refractivity contribution in [2.24, 2.45) is 0 Å². The van der Waals surface area contributed by atoms with Crippen molar-refractivity contribution in [2.75, 3.05) is 31.1 Å². The van der Waals surface area contributed by atoms with Crippen LogP contribution in [-0.4, -0.2) is 52.7 Å². The number of anilines is 1. The minimum atomic E-state index is -0.759. The van der Waals surface area contributed by atoms with Crippen LogP contribution in [0.3, 0.4) is 0 Å². The summed E-state index contributed by atoms with van der Waals surface area (Å²) in [5, 5.41) is 0.507. The SMILES string of the molecule is CC(C)(C)OC(=O)N1CCN(c2ccc3ncnc(Oc4ccc(Cl)c(Cl)c4F)c3c2)CC1. The molecule has 2 aromatic carbocycles. The lowest BCUT2D eigenvalue weighted by molar-refractivity contribution is 0.0240. The number of carbonyl (C=O) groups excluding carboxylic acids is 1. The first-order chi connectivity index (χ1) is 15.6. The summed E-state index contributed by atoms with van der Waals surface area (Å²) in [6, 6.07) is 8.55. The Morgan fingerprint density at radius 3 is 2.48 bits per heavy atom. The van der Waals surface area contributed by atoms with Crippen LogP contribution in [0.4, 0.5) is 14.9 Å². The topological polar surface area (TPSA) is 67.8 Å². The van der Waals surface area contributed by atoms with Gasteiger partial charge in [0.2, 0.25) is 5.88 Å². The average Bonchev–Trinajstić information content (AvgIpc) is 2.78. The van der Waals surface area contributed by atoms with Crippen LogP contribution in [0.5, 0.6) is 11.6 Å². The molecule has 0 spiro atoms. The summed E-state index contributed by atoms with van der Waals surface area (Å²) in [4.78, 5) is 24.6. The van der Waals surface area contributed by atoms with Gasteiger partial charge in [0, 0.05) is 31.9 Å². The van der Waals surface area contributed by atoms with E-state index in [9.17, 15) is 9.18 Å². The summed E-state index contributed by atoms with van der Waals surface area (Å²) >= 11 is 11.8. The Bertz CT molecular complexity index is 1190. The zero-order valence-electron chi connectivity index (χ0n) is 18.4. The van der Waals surface area contributed by atoms with Crippen LogP contribution in [0.25, 0.3) is 10.9 Å². The van der Waals surface area contributed by atoms with E-state index in [1.54, 1.807) is 4.90 Å². The van der Waals surface area contributed by atoms with Crippen LogP contribution in [0.2, 0.25) is 10.0 Å². The zero-order valence-corrected chi connectivity index (χ0v) is 20.0. The van der Waals surface area contributed by atoms with Gasteiger partial charge in [-0.05, 0) is 51.1 Å². The first-order valence-electron chi connectivity index (χ1n) is 10.4. The van der Waals surface area contributed by atoms with E-state index in [4.69, 9.17) is 32.7 Å². The summed E-state index contributed by atoms with van der Waals surface area (Å²) in [7, 11) is 0. The third kappa shape index (κ3) is 5.23. The normalized spacial score (nSPS) is 14.5. The molecule has 2 heterocycles. The van der Waals surface area contributed by atoms with E-state index in [1.165, 1.54) is 18.5 Å². The van der Waals surface area contributed by atoms with E-state index in [0.29, 0.717) is 37.1 Å². The van der Waals surface area contributed by atoms with E-state index in [2.05, 4.69) is 14.9 Å². The number of rotatable bonds is 3. The van der Waals surface area contributed by atoms with Gasteiger partial charge in [0.15, 0.2) is 11.6 Å². The fourth-order valence-electron chi connectivity index (χ4n) is 3.46. The molecule has 1 saturated heterocycles. The molecule has 7 nitrogen and oxygen atoms in total. The lowest BCUT2D eigenvalue weighted by Gasteiger charge is -2.36. The summed E-state index contributed by atoms with van der Waals surface area (Å²) in [5.41, 5.74) is 1.04. The number of piperazine rings is 1. The van der Waals surface area contributed by atoms with Gasteiger partial charge in [-0.15, -0.1) is 0 Å². The van der Waals surface area contributed by atoms with Crippen LogP contribution in [-0.2, 0) is 4.74 Å². The summed E-state index contributed by atoms with van der Waals surface area (Å²) in [6.45, 7) is 7.89. The maximum atomic E-state index is 14.5. The van der Waals surface area contributed by atoms with Crippen LogP contribution in [0, 0.1) is 5.82 Å². The Morgan fingerprint density at radius 2 is 1.79 bits per heavy atom. The highest BCUT2D eigenvalue weighted by Crippen LogP contribution is 2.36. The van der Waals surface area contributed by atoms with Gasteiger partial charge in [-0.25, -0.2) is 19.2 Å². The van der Waals surface area contributed by atoms with E-state index >= 15 is 0 Å². The molecule has 1 fully saturated rings. The number of ether oxygens (including phenoxy) is 2. The molecule has 0 atom stereocenters. The first kappa shape index (κ1) is 23.3. The third-order valence-corrected chi connectivity index (χ3v) is 5.87. The van der Waals surface area contributed by atoms with Gasteiger partial charge >= 0.3 is 6.09 Å². The maximum absolute atomic E-state index is 14.5. The zero-order chi connectivity index (χ0) is 23.8. The van der Waals surface area contributed by atoms with Crippen molar-refractivity contribution < 1.29 is 18.7 Å². The molecule has 1 aliphatic heterocycles. The molecule has 3 aromatic rings. The predicted molar refractivity (Wildman–Crippen MR) is 126 cm³/mol. The Kier molecular flexibility index (Phi) is 6.50. The molecule has 0 N–H and O–H groups in total. The van der Waals surface area contributed by atoms with E-state index in [-0.39, 0.29) is 27.8 Å². The molecule has 0 saturated carbocycles. The smallest absolute Gasteiger partial charge is 0.410 e. The van der Waals surface area contributed by atoms with Gasteiger partial charge in [0.05, 0.1) is 20.9 Å². The Hall–Kier alpha value is -2.84. The van der Waals surface area contributed by atoms with Crippen molar-refractivity contribution in [3.8, 4) is 11.6 Å². The lowest BCUT2D eigenvalue weighted by atomic mass is 10.2. The van der Waals surface area contributed by atoms with Gasteiger partial charge in [-0.2, -0.15) is 0 Å². The molecule has 174 valence electrons. The largest absolute Gasteiger partial charge is 0.444 e. The van der Waals surface area contributed by atoms with E-state index in [1.807, 2.05) is 39.0 Å². The number of aromatic nitrogens is 2. The molecule has 0 bridgehead atoms. The van der Waals surface area contributed by atoms with Gasteiger partial charge in [-0.1, -0.05) is 23.2 Å². The fraction of sp³-hybridized carbons (Fsp3) is 0.348. The van der Waals surface area contributed by atoms with Crippen molar-refractivity contribution in [2.45, 2.75) is 26.4 Å². The highest BCUT2D eigenvalue weighted by molar-refractivity contribution is 6.42. The second-order valence-electron chi connectivity index (χ2n) is 8.61. The molecule has 0 aliphatic carbocycles. The van der Waals surface area contributed by atoms with Crippen LogP contribution >= 0.6 is 23.2 Å². The number of halogens is 3. The molecule has 0 unspecified atom stereocenters. The van der Waals surface area contributed by atoms with E-state index < -0.39 is 11.4 Å². The minimum absolute atomic E-state index is 0.0826. The van der Waals surface area contributed by atoms with Crippen molar-refractivity contribution in [3.63, 3.8) is 0 Å². The molecule has 1 aliphatic rings. The van der Waals surface area contributed by atoms with E-state index in [0.717, 1.165) is 5.69 Å².